The average molecular weight is 1350 g/mol. The summed E-state index contributed by atoms with van der Waals surface area (Å²) in [6.45, 7) is 55.8. The Morgan fingerprint density at radius 2 is 0.408 bits per heavy atom. The van der Waals surface area contributed by atoms with Crippen molar-refractivity contribution in [3.05, 3.63) is 202 Å². The first-order valence-corrected chi connectivity index (χ1v) is 37.9. The van der Waals surface area contributed by atoms with E-state index < -0.39 is 0 Å². The molecule has 0 aliphatic carbocycles. The van der Waals surface area contributed by atoms with E-state index in [0.717, 1.165) is 11.2 Å². The second kappa shape index (κ2) is 19.8. The van der Waals surface area contributed by atoms with Gasteiger partial charge in [-0.15, -0.1) is 0 Å². The van der Waals surface area contributed by atoms with Crippen LogP contribution in [0.4, 0.5) is 0 Å². The zero-order valence-corrected chi connectivity index (χ0v) is 65.2. The third-order valence-electron chi connectivity index (χ3n) is 24.3. The highest BCUT2D eigenvalue weighted by Crippen LogP contribution is 2.54. The number of furan rings is 1. The number of benzene rings is 11. The molecular weight excluding hydrogens is 1250 g/mol. The summed E-state index contributed by atoms with van der Waals surface area (Å²) >= 11 is 0. The van der Waals surface area contributed by atoms with Crippen molar-refractivity contribution in [2.45, 2.75) is 209 Å². The minimum absolute atomic E-state index is 0.0144. The summed E-state index contributed by atoms with van der Waals surface area (Å²) in [5.74, 6) is 0. The van der Waals surface area contributed by atoms with Gasteiger partial charge in [-0.3, -0.25) is 0 Å². The van der Waals surface area contributed by atoms with Gasteiger partial charge in [-0.2, -0.15) is 0 Å². The van der Waals surface area contributed by atoms with Crippen molar-refractivity contribution in [2.75, 3.05) is 0 Å². The number of aromatic nitrogens is 4. The largest absolute Gasteiger partial charge is 0.455 e. The Morgan fingerprint density at radius 1 is 0.175 bits per heavy atom. The van der Waals surface area contributed by atoms with Gasteiger partial charge < -0.3 is 22.0 Å². The molecule has 0 radical (unpaired) electrons. The number of hydrogen-bond donors (Lipinski definition) is 0. The second-order valence-corrected chi connectivity index (χ2v) is 39.6. The molecule has 0 amide bonds. The quantitative estimate of drug-likeness (QED) is 0.149. The Morgan fingerprint density at radius 3 is 0.718 bits per heavy atom. The van der Waals surface area contributed by atoms with Crippen LogP contribution in [-0.2, 0) is 43.3 Å². The van der Waals surface area contributed by atoms with Crippen molar-refractivity contribution < 1.29 is 4.42 Å². The molecule has 0 fully saturated rings. The van der Waals surface area contributed by atoms with Crippen molar-refractivity contribution >= 4 is 174 Å². The molecule has 9 heterocycles. The highest BCUT2D eigenvalue weighted by atomic mass is 16.3. The fourth-order valence-electron chi connectivity index (χ4n) is 18.2. The van der Waals surface area contributed by atoms with Crippen LogP contribution in [0.3, 0.4) is 0 Å². The zero-order valence-electron chi connectivity index (χ0n) is 65.2. The maximum Gasteiger partial charge on any atom is 0.145 e. The van der Waals surface area contributed by atoms with Gasteiger partial charge in [0.2, 0.25) is 0 Å². The normalized spacial score (nSPS) is 14.2. The SMILES string of the molecule is CC(C)(C)c1ccc2c(c1)c1cc(C(C)(C)C)cc3c4c5c6cc(C(C)(C)C)ccc6n6c7ccc(C(C)(C)C)cc7c(cc4n2c13)c56.CC(C)(C)c1ccc2c(c1)c1cc(C(C)(C)C)cc3c4c5oc6c(ccc7c6c6cc(C(C)(C)C)cc8c9cc(C(C)(C)C)ccc9n7c86)c5ccc4n2c13. The van der Waals surface area contributed by atoms with Crippen LogP contribution in [0.5, 0.6) is 0 Å². The number of fused-ring (bicyclic) bond motifs is 30. The summed E-state index contributed by atoms with van der Waals surface area (Å²) in [7, 11) is 0. The number of rotatable bonds is 0. The molecule has 0 saturated carbocycles. The first-order chi connectivity index (χ1) is 48.1. The molecule has 0 bridgehead atoms. The van der Waals surface area contributed by atoms with E-state index in [2.05, 4.69) is 341 Å². The van der Waals surface area contributed by atoms with Crippen LogP contribution < -0.4 is 0 Å². The predicted octanol–water partition coefficient (Wildman–Crippen LogP) is 28.3. The van der Waals surface area contributed by atoms with Gasteiger partial charge >= 0.3 is 0 Å². The summed E-state index contributed by atoms with van der Waals surface area (Å²) in [5, 5.41) is 23.6. The average Bonchev–Trinajstić information content (AvgIpc) is 1.51. The van der Waals surface area contributed by atoms with E-state index in [9.17, 15) is 0 Å². The Labute approximate surface area is 604 Å². The number of nitrogens with zero attached hydrogens (tertiary/aromatic N) is 4. The van der Waals surface area contributed by atoms with Crippen molar-refractivity contribution in [3.63, 3.8) is 0 Å². The summed E-state index contributed by atoms with van der Waals surface area (Å²) in [5.41, 5.74) is 28.7. The van der Waals surface area contributed by atoms with Gasteiger partial charge in [-0.25, -0.2) is 0 Å². The van der Waals surface area contributed by atoms with Crippen molar-refractivity contribution in [1.29, 1.82) is 0 Å². The van der Waals surface area contributed by atoms with Gasteiger partial charge in [0.05, 0.1) is 77.0 Å². The monoisotopic (exact) mass is 1350 g/mol. The standard InChI is InChI=1S/C52H50N2O.C46H48N2/c1-49(2,3)27-13-17-39-33(21-27)35-23-29(51(7,8)9)25-37-43-41(53(39)45(35)37)19-15-31-32-16-20-42-44(48(32)55-47(31)43)38-26-30(52(10,11)12)24-36-34-22-28(50(4,5)6)14-18-40(34)54(42)46(36)38;1-43(2,3)25-14-17-36-29(19-25)31-22-28(46(10,11)12)23-34-39-38(48(36)41(31)34)24-32-30-20-26(44(4,5)6)13-16-35(30)47-37-18-15-27(45(7,8)9)21-33(37)40(39)42(32)47/h13-26H,1-12H3;13-24H,1-12H3. The van der Waals surface area contributed by atoms with E-state index in [4.69, 9.17) is 4.42 Å². The lowest BCUT2D eigenvalue weighted by molar-refractivity contribution is 0.590. The van der Waals surface area contributed by atoms with Crippen LogP contribution in [0.15, 0.2) is 162 Å². The minimum Gasteiger partial charge on any atom is -0.455 e. The Balaban J connectivity index is 0.000000144. The molecule has 11 aromatic carbocycles. The minimum atomic E-state index is -0.0144. The molecule has 0 aliphatic rings. The van der Waals surface area contributed by atoms with E-state index in [-0.39, 0.29) is 43.3 Å². The smallest absolute Gasteiger partial charge is 0.145 e. The summed E-state index contributed by atoms with van der Waals surface area (Å²) < 4.78 is 17.6. The van der Waals surface area contributed by atoms with E-state index in [1.807, 2.05) is 0 Å². The molecule has 103 heavy (non-hydrogen) atoms. The third-order valence-corrected chi connectivity index (χ3v) is 24.3. The van der Waals surface area contributed by atoms with Crippen molar-refractivity contribution in [2.24, 2.45) is 0 Å². The maximum atomic E-state index is 7.38. The molecule has 0 atom stereocenters. The molecular formula is C98H98N4O. The van der Waals surface area contributed by atoms with Crippen LogP contribution in [0.2, 0.25) is 0 Å². The van der Waals surface area contributed by atoms with Crippen LogP contribution >= 0.6 is 0 Å². The van der Waals surface area contributed by atoms with E-state index >= 15 is 0 Å². The fraction of sp³-hybridized carbons (Fsp3) is 0.327. The zero-order chi connectivity index (χ0) is 72.5. The summed E-state index contributed by atoms with van der Waals surface area (Å²) in [6.07, 6.45) is 0. The highest BCUT2D eigenvalue weighted by Gasteiger charge is 2.33. The third kappa shape index (κ3) is 8.78. The molecule has 0 saturated heterocycles. The van der Waals surface area contributed by atoms with Gasteiger partial charge in [0, 0.05) is 86.2 Å². The lowest BCUT2D eigenvalue weighted by Gasteiger charge is -2.20. The lowest BCUT2D eigenvalue weighted by Crippen LogP contribution is -2.11. The first-order valence-electron chi connectivity index (χ1n) is 37.9. The maximum absolute atomic E-state index is 7.38. The summed E-state index contributed by atoms with van der Waals surface area (Å²) in [4.78, 5) is 0. The molecule has 5 heteroatoms. The van der Waals surface area contributed by atoms with Crippen LogP contribution in [0, 0.1) is 0 Å². The first kappa shape index (κ1) is 64.3. The van der Waals surface area contributed by atoms with Crippen LogP contribution in [0.25, 0.3) is 174 Å². The van der Waals surface area contributed by atoms with Crippen molar-refractivity contribution in [3.8, 4) is 0 Å². The van der Waals surface area contributed by atoms with Gasteiger partial charge in [-0.05, 0) is 215 Å². The molecule has 0 spiro atoms. The molecule has 0 unspecified atom stereocenters. The van der Waals surface area contributed by atoms with Crippen LogP contribution in [0.1, 0.15) is 211 Å². The molecule has 516 valence electrons. The lowest BCUT2D eigenvalue weighted by atomic mass is 9.84. The second-order valence-electron chi connectivity index (χ2n) is 39.6. The predicted molar refractivity (Wildman–Crippen MR) is 448 cm³/mol. The van der Waals surface area contributed by atoms with Gasteiger partial charge in [0.25, 0.3) is 0 Å². The van der Waals surface area contributed by atoms with Gasteiger partial charge in [0.15, 0.2) is 0 Å². The molecule has 0 N–H and O–H groups in total. The number of hydrogen-bond acceptors (Lipinski definition) is 1. The summed E-state index contributed by atoms with van der Waals surface area (Å²) in [6, 6.07) is 62.5. The molecule has 20 rings (SSSR count). The topological polar surface area (TPSA) is 30.8 Å². The van der Waals surface area contributed by atoms with E-state index in [0.29, 0.717) is 0 Å². The molecule has 20 aromatic rings. The Kier molecular flexibility index (Phi) is 12.4. The molecule has 5 nitrogen and oxygen atoms in total. The Hall–Kier alpha value is -9.58. The molecule has 9 aromatic heterocycles. The van der Waals surface area contributed by atoms with E-state index in [1.54, 1.807) is 0 Å². The van der Waals surface area contributed by atoms with Gasteiger partial charge in [-0.1, -0.05) is 197 Å². The van der Waals surface area contributed by atoms with Gasteiger partial charge in [0.1, 0.15) is 11.2 Å². The van der Waals surface area contributed by atoms with E-state index in [1.165, 1.54) is 208 Å². The molecule has 0 aliphatic heterocycles. The Bertz CT molecular complexity index is 6850. The van der Waals surface area contributed by atoms with Crippen molar-refractivity contribution in [1.82, 2.24) is 17.6 Å². The van der Waals surface area contributed by atoms with Crippen LogP contribution in [-0.4, -0.2) is 17.6 Å². The fourth-order valence-corrected chi connectivity index (χ4v) is 18.2. The highest BCUT2D eigenvalue weighted by molar-refractivity contribution is 6.39.